The fraction of sp³-hybridized carbons (Fsp3) is 1.00. The zero-order chi connectivity index (χ0) is 13.0. The Morgan fingerprint density at radius 2 is 1.94 bits per heavy atom. The fourth-order valence-corrected chi connectivity index (χ4v) is 3.30. The number of nitrogens with two attached hydrogens (primary N) is 1. The van der Waals surface area contributed by atoms with Crippen LogP contribution in [0.5, 0.6) is 0 Å². The maximum atomic E-state index is 6.19. The molecule has 18 heavy (non-hydrogen) atoms. The molecule has 1 aliphatic carbocycles. The van der Waals surface area contributed by atoms with Crippen molar-refractivity contribution in [1.29, 1.82) is 0 Å². The number of hydrogen-bond acceptors (Lipinski definition) is 3. The predicted octanol–water partition coefficient (Wildman–Crippen LogP) is 2.87. The Kier molecular flexibility index (Phi) is 5.05. The van der Waals surface area contributed by atoms with E-state index >= 15 is 0 Å². The van der Waals surface area contributed by atoms with Crippen LogP contribution in [0.1, 0.15) is 58.8 Å². The summed E-state index contributed by atoms with van der Waals surface area (Å²) in [6, 6.07) is 0. The summed E-state index contributed by atoms with van der Waals surface area (Å²) in [7, 11) is 0. The second-order valence-corrected chi connectivity index (χ2v) is 6.20. The van der Waals surface area contributed by atoms with Gasteiger partial charge in [-0.05, 0) is 51.4 Å². The molecular weight excluding hydrogens is 226 g/mol. The minimum Gasteiger partial charge on any atom is -0.373 e. The summed E-state index contributed by atoms with van der Waals surface area (Å²) in [6.45, 7) is 5.82. The Bertz CT molecular complexity index is 249. The van der Waals surface area contributed by atoms with Crippen molar-refractivity contribution < 1.29 is 9.47 Å². The van der Waals surface area contributed by atoms with Gasteiger partial charge in [0.25, 0.3) is 0 Å². The third-order valence-electron chi connectivity index (χ3n) is 4.86. The highest BCUT2D eigenvalue weighted by molar-refractivity contribution is 4.88. The first-order valence-corrected chi connectivity index (χ1v) is 7.67. The number of ether oxygens (including phenoxy) is 2. The summed E-state index contributed by atoms with van der Waals surface area (Å²) < 4.78 is 12.0. The quantitative estimate of drug-likeness (QED) is 0.821. The van der Waals surface area contributed by atoms with Gasteiger partial charge in [0, 0.05) is 6.54 Å². The molecule has 1 heterocycles. The van der Waals surface area contributed by atoms with E-state index in [1.165, 1.54) is 25.7 Å². The minimum absolute atomic E-state index is 0.0547. The molecule has 0 aromatic carbocycles. The van der Waals surface area contributed by atoms with Crippen LogP contribution in [-0.4, -0.2) is 31.0 Å². The summed E-state index contributed by atoms with van der Waals surface area (Å²) in [4.78, 5) is 0. The van der Waals surface area contributed by atoms with Crippen molar-refractivity contribution in [2.24, 2.45) is 11.7 Å². The van der Waals surface area contributed by atoms with Crippen molar-refractivity contribution in [3.63, 3.8) is 0 Å². The standard InChI is InChI=1S/C15H29NO2/c1-3-13-6-8-15(11-16,9-7-13)17-10-14-5-4-12(2)18-14/h12-14H,3-11,16H2,1-2H3. The molecule has 1 saturated carbocycles. The first-order chi connectivity index (χ1) is 8.67. The van der Waals surface area contributed by atoms with Gasteiger partial charge in [-0.3, -0.25) is 0 Å². The van der Waals surface area contributed by atoms with Crippen molar-refractivity contribution in [3.05, 3.63) is 0 Å². The molecule has 2 atom stereocenters. The highest BCUT2D eigenvalue weighted by Crippen LogP contribution is 2.36. The van der Waals surface area contributed by atoms with Crippen molar-refractivity contribution in [1.82, 2.24) is 0 Å². The second kappa shape index (κ2) is 6.36. The lowest BCUT2D eigenvalue weighted by molar-refractivity contribution is -0.108. The molecule has 0 spiro atoms. The van der Waals surface area contributed by atoms with Crippen molar-refractivity contribution >= 4 is 0 Å². The fourth-order valence-electron chi connectivity index (χ4n) is 3.30. The van der Waals surface area contributed by atoms with E-state index in [1.807, 2.05) is 0 Å². The van der Waals surface area contributed by atoms with Gasteiger partial charge in [0.05, 0.1) is 24.4 Å². The highest BCUT2D eigenvalue weighted by Gasteiger charge is 2.36. The first-order valence-electron chi connectivity index (χ1n) is 7.67. The molecule has 3 heteroatoms. The summed E-state index contributed by atoms with van der Waals surface area (Å²) in [6.07, 6.45) is 9.11. The molecule has 106 valence electrons. The monoisotopic (exact) mass is 255 g/mol. The van der Waals surface area contributed by atoms with E-state index in [9.17, 15) is 0 Å². The van der Waals surface area contributed by atoms with Gasteiger partial charge in [-0.15, -0.1) is 0 Å². The summed E-state index contributed by atoms with van der Waals surface area (Å²) in [5, 5.41) is 0. The topological polar surface area (TPSA) is 44.5 Å². The maximum absolute atomic E-state index is 6.19. The van der Waals surface area contributed by atoms with Crippen molar-refractivity contribution in [2.45, 2.75) is 76.6 Å². The molecule has 2 aliphatic rings. The van der Waals surface area contributed by atoms with E-state index in [0.717, 1.165) is 31.8 Å². The normalized spacial score (nSPS) is 41.2. The van der Waals surface area contributed by atoms with Crippen LogP contribution in [0.25, 0.3) is 0 Å². The lowest BCUT2D eigenvalue weighted by Gasteiger charge is -2.39. The molecular formula is C15H29NO2. The Hall–Kier alpha value is -0.120. The van der Waals surface area contributed by atoms with Crippen LogP contribution in [0.3, 0.4) is 0 Å². The molecule has 0 radical (unpaired) electrons. The average molecular weight is 255 g/mol. The molecule has 1 saturated heterocycles. The SMILES string of the molecule is CCC1CCC(CN)(OCC2CCC(C)O2)CC1. The van der Waals surface area contributed by atoms with Crippen LogP contribution in [-0.2, 0) is 9.47 Å². The summed E-state index contributed by atoms with van der Waals surface area (Å²) in [5.41, 5.74) is 5.92. The number of rotatable bonds is 5. The Morgan fingerprint density at radius 3 is 2.44 bits per heavy atom. The highest BCUT2D eigenvalue weighted by atomic mass is 16.6. The van der Waals surface area contributed by atoms with Crippen molar-refractivity contribution in [2.75, 3.05) is 13.2 Å². The van der Waals surface area contributed by atoms with Gasteiger partial charge in [-0.25, -0.2) is 0 Å². The van der Waals surface area contributed by atoms with Gasteiger partial charge in [0.1, 0.15) is 0 Å². The van der Waals surface area contributed by atoms with Gasteiger partial charge in [-0.1, -0.05) is 13.3 Å². The molecule has 0 amide bonds. The average Bonchev–Trinajstić information content (AvgIpc) is 2.83. The lowest BCUT2D eigenvalue weighted by Crippen LogP contribution is -2.45. The largest absolute Gasteiger partial charge is 0.373 e. The van der Waals surface area contributed by atoms with E-state index in [2.05, 4.69) is 13.8 Å². The van der Waals surface area contributed by atoms with E-state index in [4.69, 9.17) is 15.2 Å². The van der Waals surface area contributed by atoms with Crippen LogP contribution in [0.4, 0.5) is 0 Å². The first kappa shape index (κ1) is 14.3. The molecule has 2 fully saturated rings. The smallest absolute Gasteiger partial charge is 0.0813 e. The van der Waals surface area contributed by atoms with Gasteiger partial charge in [-0.2, -0.15) is 0 Å². The Balaban J connectivity index is 1.78. The van der Waals surface area contributed by atoms with E-state index < -0.39 is 0 Å². The number of hydrogen-bond donors (Lipinski definition) is 1. The molecule has 0 aromatic heterocycles. The van der Waals surface area contributed by atoms with Crippen LogP contribution in [0.2, 0.25) is 0 Å². The molecule has 2 rings (SSSR count). The Morgan fingerprint density at radius 1 is 1.22 bits per heavy atom. The zero-order valence-electron chi connectivity index (χ0n) is 12.0. The van der Waals surface area contributed by atoms with Crippen LogP contribution in [0, 0.1) is 5.92 Å². The van der Waals surface area contributed by atoms with Gasteiger partial charge in [0.2, 0.25) is 0 Å². The van der Waals surface area contributed by atoms with Crippen LogP contribution in [0.15, 0.2) is 0 Å². The summed E-state index contributed by atoms with van der Waals surface area (Å²) >= 11 is 0. The van der Waals surface area contributed by atoms with E-state index in [-0.39, 0.29) is 5.60 Å². The van der Waals surface area contributed by atoms with Crippen molar-refractivity contribution in [3.8, 4) is 0 Å². The molecule has 2 N–H and O–H groups in total. The predicted molar refractivity (Wildman–Crippen MR) is 73.6 cm³/mol. The third kappa shape index (κ3) is 3.46. The van der Waals surface area contributed by atoms with Gasteiger partial charge >= 0.3 is 0 Å². The molecule has 0 aromatic rings. The molecule has 0 bridgehead atoms. The van der Waals surface area contributed by atoms with Gasteiger partial charge < -0.3 is 15.2 Å². The second-order valence-electron chi connectivity index (χ2n) is 6.20. The molecule has 1 aliphatic heterocycles. The zero-order valence-corrected chi connectivity index (χ0v) is 12.0. The minimum atomic E-state index is -0.0547. The molecule has 3 nitrogen and oxygen atoms in total. The third-order valence-corrected chi connectivity index (χ3v) is 4.86. The maximum Gasteiger partial charge on any atom is 0.0813 e. The Labute approximate surface area is 111 Å². The summed E-state index contributed by atoms with van der Waals surface area (Å²) in [5.74, 6) is 0.885. The molecule has 2 unspecified atom stereocenters. The van der Waals surface area contributed by atoms with Gasteiger partial charge in [0.15, 0.2) is 0 Å². The van der Waals surface area contributed by atoms with E-state index in [0.29, 0.717) is 18.8 Å². The van der Waals surface area contributed by atoms with Crippen LogP contribution < -0.4 is 5.73 Å². The van der Waals surface area contributed by atoms with E-state index in [1.54, 1.807) is 0 Å². The van der Waals surface area contributed by atoms with Crippen LogP contribution >= 0.6 is 0 Å². The lowest BCUT2D eigenvalue weighted by atomic mass is 9.77.